The number of carbonyl (C=O) groups excluding carboxylic acids is 1. The lowest BCUT2D eigenvalue weighted by molar-refractivity contribution is -0.884. The van der Waals surface area contributed by atoms with Gasteiger partial charge in [0.05, 0.1) is 40.2 Å². The van der Waals surface area contributed by atoms with Gasteiger partial charge in [0.2, 0.25) is 5.91 Å². The molecule has 9 heteroatoms. The third-order valence-corrected chi connectivity index (χ3v) is 8.77. The Bertz CT molecular complexity index is 1440. The van der Waals surface area contributed by atoms with Crippen LogP contribution in [-0.4, -0.2) is 89.8 Å². The maximum Gasteiger partial charge on any atom is 0.308 e. The molecular weight excluding hydrogens is 554 g/mol. The fraction of sp³-hybridized carbons (Fsp3) is 0.486. The predicted octanol–water partition coefficient (Wildman–Crippen LogP) is 4.55. The van der Waals surface area contributed by atoms with E-state index in [0.717, 1.165) is 58.5 Å². The van der Waals surface area contributed by atoms with Crippen molar-refractivity contribution in [2.45, 2.75) is 57.5 Å². The number of anilines is 1. The highest BCUT2D eigenvalue weighted by molar-refractivity contribution is 5.95. The molecule has 1 unspecified atom stereocenters. The topological polar surface area (TPSA) is 95.9 Å². The van der Waals surface area contributed by atoms with Gasteiger partial charge in [0.15, 0.2) is 0 Å². The summed E-state index contributed by atoms with van der Waals surface area (Å²) < 4.78 is 6.51. The van der Waals surface area contributed by atoms with Crippen LogP contribution < -0.4 is 9.64 Å². The van der Waals surface area contributed by atoms with Gasteiger partial charge in [0, 0.05) is 54.6 Å². The summed E-state index contributed by atoms with van der Waals surface area (Å²) >= 11 is 0. The van der Waals surface area contributed by atoms with Crippen molar-refractivity contribution in [2.24, 2.45) is 5.92 Å². The highest BCUT2D eigenvalue weighted by Gasteiger charge is 2.47. The van der Waals surface area contributed by atoms with Crippen LogP contribution in [0.3, 0.4) is 0 Å². The van der Waals surface area contributed by atoms with E-state index in [2.05, 4.69) is 61.1 Å². The first-order valence-corrected chi connectivity index (χ1v) is 15.8. The van der Waals surface area contributed by atoms with Crippen LogP contribution in [0.5, 0.6) is 5.75 Å². The molecule has 1 saturated heterocycles. The molecule has 0 bridgehead atoms. The Kier molecular flexibility index (Phi) is 9.96. The molecule has 1 N–H and O–H groups in total. The van der Waals surface area contributed by atoms with Gasteiger partial charge < -0.3 is 19.2 Å². The molecule has 3 aromatic rings. The normalized spacial score (nSPS) is 19.9. The lowest BCUT2D eigenvalue weighted by Crippen LogP contribution is -2.44. The first kappa shape index (κ1) is 31.6. The van der Waals surface area contributed by atoms with E-state index in [1.807, 2.05) is 35.2 Å². The van der Waals surface area contributed by atoms with E-state index in [9.17, 15) is 14.7 Å². The van der Waals surface area contributed by atoms with Gasteiger partial charge in [-0.15, -0.1) is 0 Å². The number of nitrogens with zero attached hydrogens (tertiary/aromatic N) is 5. The Morgan fingerprint density at radius 1 is 1.14 bits per heavy atom. The van der Waals surface area contributed by atoms with Gasteiger partial charge in [-0.05, 0) is 54.7 Å². The zero-order chi connectivity index (χ0) is 31.3. The van der Waals surface area contributed by atoms with E-state index >= 15 is 0 Å². The van der Waals surface area contributed by atoms with Crippen molar-refractivity contribution in [1.82, 2.24) is 14.9 Å². The number of amides is 1. The number of carbonyl (C=O) groups is 2. The standard InChI is InChI=1S/C35H45N5O4/c1-5-6-17-39(29-9-7-8-25(19-29)23-40(2,3)4)33(41)22-38-21-30(26-10-13-32-27(20-26)15-18-44-32)34(35(42)43)31(38)12-11-28-14-16-36-24-37-28/h7-10,13-14,16,19-20,24,30-31,34H,5-6,11-12,15,17-18,21-23H2,1-4H3/p+1/t30-,31+,34?/m1/s1. The van der Waals surface area contributed by atoms with Crippen molar-refractivity contribution in [3.05, 3.63) is 83.4 Å². The third kappa shape index (κ3) is 7.63. The Morgan fingerprint density at radius 2 is 1.98 bits per heavy atom. The molecule has 1 aromatic heterocycles. The molecule has 44 heavy (non-hydrogen) atoms. The number of carboxylic acids is 1. The van der Waals surface area contributed by atoms with Crippen LogP contribution in [-0.2, 0) is 29.0 Å². The Labute approximate surface area is 261 Å². The first-order chi connectivity index (χ1) is 21.1. The van der Waals surface area contributed by atoms with Crippen LogP contribution in [0.15, 0.2) is 61.1 Å². The summed E-state index contributed by atoms with van der Waals surface area (Å²) in [6.45, 7) is 4.92. The molecule has 2 aliphatic rings. The van der Waals surface area contributed by atoms with Crippen LogP contribution in [0, 0.1) is 5.92 Å². The number of ether oxygens (including phenoxy) is 1. The van der Waals surface area contributed by atoms with Crippen LogP contribution in [0.2, 0.25) is 0 Å². The molecule has 9 nitrogen and oxygen atoms in total. The molecule has 2 aromatic carbocycles. The van der Waals surface area contributed by atoms with Crippen molar-refractivity contribution >= 4 is 17.6 Å². The molecule has 0 spiro atoms. The number of hydrogen-bond donors (Lipinski definition) is 1. The average molecular weight is 601 g/mol. The number of likely N-dealkylation sites (tertiary alicyclic amines) is 1. The van der Waals surface area contributed by atoms with E-state index in [0.29, 0.717) is 32.5 Å². The third-order valence-electron chi connectivity index (χ3n) is 8.77. The van der Waals surface area contributed by atoms with Gasteiger partial charge in [-0.3, -0.25) is 14.5 Å². The van der Waals surface area contributed by atoms with Gasteiger partial charge >= 0.3 is 5.97 Å². The SMILES string of the molecule is CCCCN(C(=O)CN1C[C@H](c2ccc3c(c2)CCO3)C(C(=O)O)[C@@H]1CCc1ccncn1)c1cccc(C[N+](C)(C)C)c1. The number of benzene rings is 2. The summed E-state index contributed by atoms with van der Waals surface area (Å²) in [5.74, 6) is -0.837. The van der Waals surface area contributed by atoms with Crippen LogP contribution >= 0.6 is 0 Å². The highest BCUT2D eigenvalue weighted by Crippen LogP contribution is 2.41. The van der Waals surface area contributed by atoms with Gasteiger partial charge in [-0.1, -0.05) is 37.6 Å². The fourth-order valence-electron chi connectivity index (χ4n) is 6.73. The second-order valence-corrected chi connectivity index (χ2v) is 13.2. The van der Waals surface area contributed by atoms with E-state index in [4.69, 9.17) is 4.74 Å². The van der Waals surface area contributed by atoms with Gasteiger partial charge in [-0.25, -0.2) is 9.97 Å². The largest absolute Gasteiger partial charge is 0.493 e. The molecule has 1 fully saturated rings. The molecule has 1 amide bonds. The Morgan fingerprint density at radius 3 is 2.70 bits per heavy atom. The highest BCUT2D eigenvalue weighted by atomic mass is 16.5. The molecule has 0 saturated carbocycles. The van der Waals surface area contributed by atoms with Gasteiger partial charge in [-0.2, -0.15) is 0 Å². The predicted molar refractivity (Wildman–Crippen MR) is 171 cm³/mol. The number of fused-ring (bicyclic) bond motifs is 1. The number of hydrogen-bond acceptors (Lipinski definition) is 6. The maximum atomic E-state index is 14.2. The first-order valence-electron chi connectivity index (χ1n) is 15.8. The van der Waals surface area contributed by atoms with Crippen LogP contribution in [0.4, 0.5) is 5.69 Å². The summed E-state index contributed by atoms with van der Waals surface area (Å²) in [7, 11) is 6.47. The summed E-state index contributed by atoms with van der Waals surface area (Å²) in [5.41, 5.74) is 5.07. The fourth-order valence-corrected chi connectivity index (χ4v) is 6.73. The molecule has 234 valence electrons. The van der Waals surface area contributed by atoms with Crippen molar-refractivity contribution in [2.75, 3.05) is 52.3 Å². The number of carboxylic acid groups (broad SMARTS) is 1. The number of unbranched alkanes of at least 4 members (excludes halogenated alkanes) is 1. The number of quaternary nitrogens is 1. The second-order valence-electron chi connectivity index (χ2n) is 13.2. The monoisotopic (exact) mass is 600 g/mol. The molecule has 5 rings (SSSR count). The van der Waals surface area contributed by atoms with Crippen molar-refractivity contribution < 1.29 is 23.9 Å². The molecule has 0 aliphatic carbocycles. The Balaban J connectivity index is 1.44. The summed E-state index contributed by atoms with van der Waals surface area (Å²) in [6.07, 6.45) is 7.11. The molecule has 2 aliphatic heterocycles. The van der Waals surface area contributed by atoms with Crippen LogP contribution in [0.1, 0.15) is 54.5 Å². The Hall–Kier alpha value is -3.82. The molecule has 0 radical (unpaired) electrons. The number of aliphatic carboxylic acids is 1. The average Bonchev–Trinajstić information content (AvgIpc) is 3.60. The smallest absolute Gasteiger partial charge is 0.308 e. The molecular formula is C35H46N5O4+. The van der Waals surface area contributed by atoms with E-state index in [-0.39, 0.29) is 24.4 Å². The molecule has 3 atom stereocenters. The summed E-state index contributed by atoms with van der Waals surface area (Å²) in [6, 6.07) is 15.9. The number of aryl methyl sites for hydroxylation is 1. The number of rotatable bonds is 13. The van der Waals surface area contributed by atoms with E-state index in [1.54, 1.807) is 6.20 Å². The zero-order valence-corrected chi connectivity index (χ0v) is 26.5. The summed E-state index contributed by atoms with van der Waals surface area (Å²) in [5, 5.41) is 10.6. The summed E-state index contributed by atoms with van der Waals surface area (Å²) in [4.78, 5) is 39.6. The number of aromatic nitrogens is 2. The van der Waals surface area contributed by atoms with Crippen LogP contribution in [0.25, 0.3) is 0 Å². The van der Waals surface area contributed by atoms with Crippen molar-refractivity contribution in [1.29, 1.82) is 0 Å². The maximum absolute atomic E-state index is 14.2. The second kappa shape index (κ2) is 13.9. The minimum Gasteiger partial charge on any atom is -0.493 e. The quantitative estimate of drug-likeness (QED) is 0.288. The van der Waals surface area contributed by atoms with Crippen molar-refractivity contribution in [3.63, 3.8) is 0 Å². The lowest BCUT2D eigenvalue weighted by atomic mass is 9.83. The van der Waals surface area contributed by atoms with Gasteiger partial charge in [0.25, 0.3) is 0 Å². The van der Waals surface area contributed by atoms with Gasteiger partial charge in [0.1, 0.15) is 18.6 Å². The lowest BCUT2D eigenvalue weighted by Gasteiger charge is -2.30. The van der Waals surface area contributed by atoms with Crippen molar-refractivity contribution in [3.8, 4) is 5.75 Å². The molecule has 3 heterocycles. The van der Waals surface area contributed by atoms with E-state index < -0.39 is 11.9 Å². The minimum atomic E-state index is -0.828. The minimum absolute atomic E-state index is 0.0000247. The zero-order valence-electron chi connectivity index (χ0n) is 26.5. The van der Waals surface area contributed by atoms with E-state index in [1.165, 1.54) is 11.9 Å².